The highest BCUT2D eigenvalue weighted by Gasteiger charge is 2.07. The fourth-order valence-electron chi connectivity index (χ4n) is 2.00. The lowest BCUT2D eigenvalue weighted by Gasteiger charge is -2.06. The molecule has 4 nitrogen and oxygen atoms in total. The first-order valence-electron chi connectivity index (χ1n) is 7.05. The second kappa shape index (κ2) is 6.58. The Hall–Kier alpha value is -2.40. The molecule has 1 amide bonds. The van der Waals surface area contributed by atoms with Crippen LogP contribution in [0.3, 0.4) is 0 Å². The molecule has 1 N–H and O–H groups in total. The Balaban J connectivity index is 1.50. The van der Waals surface area contributed by atoms with Crippen molar-refractivity contribution in [1.82, 2.24) is 4.98 Å². The van der Waals surface area contributed by atoms with Gasteiger partial charge in [-0.3, -0.25) is 4.79 Å². The summed E-state index contributed by atoms with van der Waals surface area (Å²) < 4.78 is 6.61. The molecule has 0 aliphatic rings. The molecule has 0 aliphatic heterocycles. The summed E-state index contributed by atoms with van der Waals surface area (Å²) in [5.41, 5.74) is 2.08. The van der Waals surface area contributed by atoms with Crippen LogP contribution >= 0.6 is 11.3 Å². The zero-order valence-electron chi connectivity index (χ0n) is 12.2. The number of hydrogen-bond acceptors (Lipinski definition) is 4. The highest BCUT2D eigenvalue weighted by atomic mass is 32.1. The van der Waals surface area contributed by atoms with Crippen LogP contribution in [0.2, 0.25) is 0 Å². The van der Waals surface area contributed by atoms with E-state index in [0.29, 0.717) is 18.2 Å². The molecule has 0 radical (unpaired) electrons. The number of hydrogen-bond donors (Lipinski definition) is 1. The van der Waals surface area contributed by atoms with Crippen molar-refractivity contribution in [2.45, 2.75) is 13.3 Å². The summed E-state index contributed by atoms with van der Waals surface area (Å²) in [6.07, 6.45) is 0.295. The van der Waals surface area contributed by atoms with Crippen molar-refractivity contribution in [3.63, 3.8) is 0 Å². The number of ether oxygens (including phenoxy) is 1. The summed E-state index contributed by atoms with van der Waals surface area (Å²) >= 11 is 1.47. The Morgan fingerprint density at radius 1 is 1.18 bits per heavy atom. The van der Waals surface area contributed by atoms with Gasteiger partial charge in [-0.25, -0.2) is 4.98 Å². The molecule has 0 spiro atoms. The molecule has 0 aliphatic carbocycles. The fraction of sp³-hybridized carbons (Fsp3) is 0.176. The van der Waals surface area contributed by atoms with Crippen LogP contribution in [0.15, 0.2) is 48.5 Å². The number of aryl methyl sites for hydroxylation is 1. The molecule has 0 bridgehead atoms. The summed E-state index contributed by atoms with van der Waals surface area (Å²) in [6.45, 7) is 2.37. The van der Waals surface area contributed by atoms with Gasteiger partial charge in [-0.1, -0.05) is 41.2 Å². The van der Waals surface area contributed by atoms with E-state index >= 15 is 0 Å². The average molecular weight is 312 g/mol. The summed E-state index contributed by atoms with van der Waals surface area (Å²) in [5, 5.41) is 3.44. The molecule has 0 atom stereocenters. The molecule has 0 unspecified atom stereocenters. The minimum absolute atomic E-state index is 0.0915. The first kappa shape index (κ1) is 14.5. The Kier molecular flexibility index (Phi) is 4.34. The molecule has 5 heteroatoms. The molecular formula is C17H16N2O2S. The first-order chi connectivity index (χ1) is 10.7. The van der Waals surface area contributed by atoms with Gasteiger partial charge in [0, 0.05) is 0 Å². The van der Waals surface area contributed by atoms with E-state index in [1.807, 2.05) is 55.5 Å². The molecule has 0 fully saturated rings. The molecule has 22 heavy (non-hydrogen) atoms. The zero-order valence-corrected chi connectivity index (χ0v) is 13.0. The van der Waals surface area contributed by atoms with Gasteiger partial charge in [0.1, 0.15) is 5.75 Å². The molecular weight excluding hydrogens is 296 g/mol. The van der Waals surface area contributed by atoms with E-state index in [1.165, 1.54) is 16.9 Å². The number of nitrogens with zero attached hydrogens (tertiary/aromatic N) is 1. The van der Waals surface area contributed by atoms with E-state index < -0.39 is 0 Å². The third-order valence-corrected chi connectivity index (χ3v) is 4.11. The summed E-state index contributed by atoms with van der Waals surface area (Å²) in [4.78, 5) is 16.3. The minimum Gasteiger partial charge on any atom is -0.493 e. The third kappa shape index (κ3) is 3.62. The summed E-state index contributed by atoms with van der Waals surface area (Å²) in [7, 11) is 0. The molecule has 3 rings (SSSR count). The largest absolute Gasteiger partial charge is 0.493 e. The average Bonchev–Trinajstić information content (AvgIpc) is 2.91. The zero-order chi connectivity index (χ0) is 15.4. The molecule has 112 valence electrons. The van der Waals surface area contributed by atoms with Crippen molar-refractivity contribution >= 4 is 32.6 Å². The van der Waals surface area contributed by atoms with Gasteiger partial charge in [0.15, 0.2) is 5.13 Å². The van der Waals surface area contributed by atoms with E-state index in [1.54, 1.807) is 0 Å². The predicted molar refractivity (Wildman–Crippen MR) is 89.5 cm³/mol. The van der Waals surface area contributed by atoms with Crippen LogP contribution in [0.4, 0.5) is 5.13 Å². The first-order valence-corrected chi connectivity index (χ1v) is 7.87. The number of rotatable bonds is 5. The predicted octanol–water partition coefficient (Wildman–Crippen LogP) is 4.01. The maximum Gasteiger partial charge on any atom is 0.229 e. The Morgan fingerprint density at radius 2 is 1.95 bits per heavy atom. The molecule has 1 aromatic heterocycles. The van der Waals surface area contributed by atoms with Gasteiger partial charge in [0.05, 0.1) is 23.2 Å². The van der Waals surface area contributed by atoms with E-state index in [0.717, 1.165) is 16.0 Å². The maximum atomic E-state index is 11.9. The van der Waals surface area contributed by atoms with Gasteiger partial charge in [-0.05, 0) is 31.2 Å². The van der Waals surface area contributed by atoms with Crippen molar-refractivity contribution in [1.29, 1.82) is 0 Å². The lowest BCUT2D eigenvalue weighted by Crippen LogP contribution is -2.15. The maximum absolute atomic E-state index is 11.9. The molecule has 3 aromatic rings. The Morgan fingerprint density at radius 3 is 2.73 bits per heavy atom. The lowest BCUT2D eigenvalue weighted by atomic mass is 10.2. The van der Waals surface area contributed by atoms with Crippen LogP contribution in [-0.2, 0) is 4.79 Å². The topological polar surface area (TPSA) is 51.2 Å². The second-order valence-electron chi connectivity index (χ2n) is 4.95. The van der Waals surface area contributed by atoms with Crippen LogP contribution < -0.4 is 10.1 Å². The van der Waals surface area contributed by atoms with E-state index in [4.69, 9.17) is 4.74 Å². The summed E-state index contributed by atoms with van der Waals surface area (Å²) in [5.74, 6) is 0.685. The summed E-state index contributed by atoms with van der Waals surface area (Å²) in [6, 6.07) is 15.6. The van der Waals surface area contributed by atoms with Gasteiger partial charge in [0.2, 0.25) is 5.91 Å². The van der Waals surface area contributed by atoms with Crippen LogP contribution in [0.25, 0.3) is 10.2 Å². The number of para-hydroxylation sites is 1. The number of aromatic nitrogens is 1. The minimum atomic E-state index is -0.0915. The molecule has 0 saturated carbocycles. The number of carbonyl (C=O) groups is 1. The van der Waals surface area contributed by atoms with Crippen molar-refractivity contribution in [2.24, 2.45) is 0 Å². The SMILES string of the molecule is Cc1ccc(OCCC(=O)Nc2nc3ccccc3s2)cc1. The normalized spacial score (nSPS) is 10.6. The Bertz CT molecular complexity index is 748. The van der Waals surface area contributed by atoms with Crippen LogP contribution in [0.1, 0.15) is 12.0 Å². The monoisotopic (exact) mass is 312 g/mol. The van der Waals surface area contributed by atoms with Crippen LogP contribution in [0.5, 0.6) is 5.75 Å². The van der Waals surface area contributed by atoms with E-state index in [2.05, 4.69) is 10.3 Å². The highest BCUT2D eigenvalue weighted by Crippen LogP contribution is 2.25. The van der Waals surface area contributed by atoms with Gasteiger partial charge in [-0.2, -0.15) is 0 Å². The lowest BCUT2D eigenvalue weighted by molar-refractivity contribution is -0.116. The van der Waals surface area contributed by atoms with E-state index in [9.17, 15) is 4.79 Å². The number of carbonyl (C=O) groups excluding carboxylic acids is 1. The van der Waals surface area contributed by atoms with Gasteiger partial charge < -0.3 is 10.1 Å². The van der Waals surface area contributed by atoms with Crippen molar-refractivity contribution in [2.75, 3.05) is 11.9 Å². The Labute approximate surface area is 132 Å². The standard InChI is InChI=1S/C17H16N2O2S/c1-12-6-8-13(9-7-12)21-11-10-16(20)19-17-18-14-4-2-3-5-15(14)22-17/h2-9H,10-11H2,1H3,(H,18,19,20). The quantitative estimate of drug-likeness (QED) is 0.774. The molecule has 0 saturated heterocycles. The molecule has 1 heterocycles. The number of anilines is 1. The third-order valence-electron chi connectivity index (χ3n) is 3.16. The highest BCUT2D eigenvalue weighted by molar-refractivity contribution is 7.22. The van der Waals surface area contributed by atoms with E-state index in [-0.39, 0.29) is 5.91 Å². The van der Waals surface area contributed by atoms with Gasteiger partial charge in [0.25, 0.3) is 0 Å². The van der Waals surface area contributed by atoms with Crippen molar-refractivity contribution in [3.8, 4) is 5.75 Å². The number of benzene rings is 2. The van der Waals surface area contributed by atoms with Crippen molar-refractivity contribution in [3.05, 3.63) is 54.1 Å². The van der Waals surface area contributed by atoms with Gasteiger partial charge in [-0.15, -0.1) is 0 Å². The second-order valence-corrected chi connectivity index (χ2v) is 5.98. The van der Waals surface area contributed by atoms with Gasteiger partial charge >= 0.3 is 0 Å². The van der Waals surface area contributed by atoms with Crippen molar-refractivity contribution < 1.29 is 9.53 Å². The number of thiazole rings is 1. The smallest absolute Gasteiger partial charge is 0.229 e. The molecule has 2 aromatic carbocycles. The fourth-order valence-corrected chi connectivity index (χ4v) is 2.89. The number of nitrogens with one attached hydrogen (secondary N) is 1. The van der Waals surface area contributed by atoms with Crippen LogP contribution in [-0.4, -0.2) is 17.5 Å². The number of amides is 1. The number of fused-ring (bicyclic) bond motifs is 1. The van der Waals surface area contributed by atoms with Crippen LogP contribution in [0, 0.1) is 6.92 Å².